The van der Waals surface area contributed by atoms with Crippen LogP contribution in [-0.2, 0) is 4.79 Å². The summed E-state index contributed by atoms with van der Waals surface area (Å²) >= 11 is 7.81. The Morgan fingerprint density at radius 1 is 1.55 bits per heavy atom. The van der Waals surface area contributed by atoms with Crippen LogP contribution in [0.3, 0.4) is 0 Å². The van der Waals surface area contributed by atoms with Crippen molar-refractivity contribution >= 4 is 29.3 Å². The van der Waals surface area contributed by atoms with Crippen molar-refractivity contribution in [3.63, 3.8) is 0 Å². The summed E-state index contributed by atoms with van der Waals surface area (Å²) in [5.74, 6) is 3.13. The Kier molecular flexibility index (Phi) is 7.36. The Labute approximate surface area is 141 Å². The van der Waals surface area contributed by atoms with Crippen LogP contribution in [0, 0.1) is 0 Å². The van der Waals surface area contributed by atoms with Gasteiger partial charge in [0.1, 0.15) is 5.75 Å². The van der Waals surface area contributed by atoms with E-state index in [2.05, 4.69) is 5.32 Å². The van der Waals surface area contributed by atoms with Crippen molar-refractivity contribution in [3.8, 4) is 5.75 Å². The van der Waals surface area contributed by atoms with E-state index in [4.69, 9.17) is 16.3 Å². The predicted molar refractivity (Wildman–Crippen MR) is 92.9 cm³/mol. The van der Waals surface area contributed by atoms with Gasteiger partial charge in [0, 0.05) is 49.1 Å². The third kappa shape index (κ3) is 6.07. The normalized spacial score (nSPS) is 18.0. The molecule has 0 radical (unpaired) electrons. The summed E-state index contributed by atoms with van der Waals surface area (Å²) in [4.78, 5) is 13.9. The van der Waals surface area contributed by atoms with Crippen molar-refractivity contribution < 1.29 is 9.53 Å². The molecule has 4 nitrogen and oxygen atoms in total. The van der Waals surface area contributed by atoms with Crippen molar-refractivity contribution in [2.45, 2.75) is 18.9 Å². The molecule has 0 aliphatic carbocycles. The van der Waals surface area contributed by atoms with Crippen molar-refractivity contribution in [2.24, 2.45) is 0 Å². The number of carbonyl (C=O) groups is 1. The third-order valence-corrected chi connectivity index (χ3v) is 4.91. The summed E-state index contributed by atoms with van der Waals surface area (Å²) in [5.41, 5.74) is 0. The molecule has 2 rings (SSSR count). The second-order valence-corrected chi connectivity index (χ2v) is 6.99. The number of halogens is 1. The molecule has 0 saturated carbocycles. The van der Waals surface area contributed by atoms with Crippen molar-refractivity contribution in [1.82, 2.24) is 10.2 Å². The van der Waals surface area contributed by atoms with Crippen LogP contribution < -0.4 is 10.1 Å². The van der Waals surface area contributed by atoms with Gasteiger partial charge in [-0.15, -0.1) is 0 Å². The van der Waals surface area contributed by atoms with Crippen LogP contribution in [0.15, 0.2) is 24.3 Å². The van der Waals surface area contributed by atoms with Crippen molar-refractivity contribution in [2.75, 3.05) is 38.2 Å². The van der Waals surface area contributed by atoms with Crippen LogP contribution >= 0.6 is 23.4 Å². The van der Waals surface area contributed by atoms with Gasteiger partial charge in [0.05, 0.1) is 6.61 Å². The summed E-state index contributed by atoms with van der Waals surface area (Å²) in [6, 6.07) is 7.67. The van der Waals surface area contributed by atoms with E-state index in [0.717, 1.165) is 30.2 Å². The topological polar surface area (TPSA) is 41.6 Å². The van der Waals surface area contributed by atoms with Gasteiger partial charge in [-0.2, -0.15) is 11.8 Å². The first-order valence-electron chi connectivity index (χ1n) is 7.58. The molecule has 1 saturated heterocycles. The minimum Gasteiger partial charge on any atom is -0.493 e. The first kappa shape index (κ1) is 17.4. The molecule has 0 bridgehead atoms. The molecule has 1 aromatic rings. The minimum atomic E-state index is 0.197. The second kappa shape index (κ2) is 9.28. The molecule has 0 spiro atoms. The van der Waals surface area contributed by atoms with Crippen LogP contribution in [0.5, 0.6) is 5.75 Å². The average Bonchev–Trinajstić information content (AvgIpc) is 2.52. The van der Waals surface area contributed by atoms with Gasteiger partial charge in [-0.3, -0.25) is 4.79 Å². The summed E-state index contributed by atoms with van der Waals surface area (Å²) in [6.45, 7) is 2.29. The average molecular weight is 343 g/mol. The lowest BCUT2D eigenvalue weighted by Gasteiger charge is -2.25. The highest BCUT2D eigenvalue weighted by atomic mass is 35.5. The predicted octanol–water partition coefficient (Wildman–Crippen LogP) is 2.66. The number of amides is 1. The van der Waals surface area contributed by atoms with Gasteiger partial charge in [-0.05, 0) is 24.6 Å². The van der Waals surface area contributed by atoms with E-state index in [1.807, 2.05) is 37.0 Å². The van der Waals surface area contributed by atoms with E-state index < -0.39 is 0 Å². The molecule has 0 aromatic heterocycles. The van der Waals surface area contributed by atoms with Crippen LogP contribution in [-0.4, -0.2) is 55.1 Å². The number of hydrogen-bond acceptors (Lipinski definition) is 4. The smallest absolute Gasteiger partial charge is 0.223 e. The van der Waals surface area contributed by atoms with Gasteiger partial charge in [0.25, 0.3) is 0 Å². The number of hydrogen-bond donors (Lipinski definition) is 1. The first-order valence-corrected chi connectivity index (χ1v) is 9.12. The standard InChI is InChI=1S/C16H23ClN2O2S/c1-19(16(20)11-14-12-22-9-6-18-14)7-3-8-21-15-5-2-4-13(17)10-15/h2,4-5,10,14,18H,3,6-9,11-12H2,1H3. The van der Waals surface area contributed by atoms with Gasteiger partial charge < -0.3 is 15.0 Å². The molecule has 6 heteroatoms. The number of carbonyl (C=O) groups excluding carboxylic acids is 1. The third-order valence-electron chi connectivity index (χ3n) is 3.55. The van der Waals surface area contributed by atoms with E-state index in [1.165, 1.54) is 0 Å². The number of nitrogens with zero attached hydrogens (tertiary/aromatic N) is 1. The molecule has 1 aliphatic rings. The Hall–Kier alpha value is -0.910. The molecule has 1 aromatic carbocycles. The summed E-state index contributed by atoms with van der Waals surface area (Å²) in [6.07, 6.45) is 1.39. The van der Waals surface area contributed by atoms with Gasteiger partial charge in [-0.1, -0.05) is 17.7 Å². The SMILES string of the molecule is CN(CCCOc1cccc(Cl)c1)C(=O)CC1CSCCN1. The Morgan fingerprint density at radius 2 is 2.41 bits per heavy atom. The van der Waals surface area contributed by atoms with Crippen LogP contribution in [0.25, 0.3) is 0 Å². The van der Waals surface area contributed by atoms with Crippen LogP contribution in [0.1, 0.15) is 12.8 Å². The fourth-order valence-electron chi connectivity index (χ4n) is 2.29. The second-order valence-electron chi connectivity index (χ2n) is 5.40. The van der Waals surface area contributed by atoms with Crippen molar-refractivity contribution in [3.05, 3.63) is 29.3 Å². The van der Waals surface area contributed by atoms with Gasteiger partial charge in [0.2, 0.25) is 5.91 Å². The van der Waals surface area contributed by atoms with E-state index in [1.54, 1.807) is 11.0 Å². The number of benzene rings is 1. The number of thioether (sulfide) groups is 1. The fourth-order valence-corrected chi connectivity index (χ4v) is 3.42. The fraction of sp³-hybridized carbons (Fsp3) is 0.562. The summed E-state index contributed by atoms with van der Waals surface area (Å²) < 4.78 is 5.63. The molecular formula is C16H23ClN2O2S. The molecule has 1 atom stereocenters. The van der Waals surface area contributed by atoms with E-state index in [0.29, 0.717) is 30.6 Å². The lowest BCUT2D eigenvalue weighted by atomic mass is 10.2. The maximum absolute atomic E-state index is 12.1. The Balaban J connectivity index is 1.62. The Bertz CT molecular complexity index is 481. The monoisotopic (exact) mass is 342 g/mol. The van der Waals surface area contributed by atoms with Crippen molar-refractivity contribution in [1.29, 1.82) is 0 Å². The molecule has 1 heterocycles. The van der Waals surface area contributed by atoms with Gasteiger partial charge >= 0.3 is 0 Å². The van der Waals surface area contributed by atoms with E-state index in [-0.39, 0.29) is 5.91 Å². The maximum Gasteiger partial charge on any atom is 0.223 e. The van der Waals surface area contributed by atoms with Crippen LogP contribution in [0.2, 0.25) is 5.02 Å². The zero-order valence-electron chi connectivity index (χ0n) is 12.9. The molecule has 1 aliphatic heterocycles. The largest absolute Gasteiger partial charge is 0.493 e. The highest BCUT2D eigenvalue weighted by molar-refractivity contribution is 7.99. The lowest BCUT2D eigenvalue weighted by Crippen LogP contribution is -2.42. The van der Waals surface area contributed by atoms with Gasteiger partial charge in [-0.25, -0.2) is 0 Å². The summed E-state index contributed by atoms with van der Waals surface area (Å²) in [7, 11) is 1.86. The Morgan fingerprint density at radius 3 is 3.14 bits per heavy atom. The highest BCUT2D eigenvalue weighted by Crippen LogP contribution is 2.17. The zero-order valence-corrected chi connectivity index (χ0v) is 14.5. The minimum absolute atomic E-state index is 0.197. The molecule has 1 fully saturated rings. The molecule has 22 heavy (non-hydrogen) atoms. The zero-order chi connectivity index (χ0) is 15.8. The van der Waals surface area contributed by atoms with E-state index in [9.17, 15) is 4.79 Å². The first-order chi connectivity index (χ1) is 10.6. The van der Waals surface area contributed by atoms with Crippen LogP contribution in [0.4, 0.5) is 0 Å². The molecule has 1 unspecified atom stereocenters. The molecule has 122 valence electrons. The highest BCUT2D eigenvalue weighted by Gasteiger charge is 2.18. The lowest BCUT2D eigenvalue weighted by molar-refractivity contribution is -0.130. The van der Waals surface area contributed by atoms with Gasteiger partial charge in [0.15, 0.2) is 0 Å². The molecule has 1 amide bonds. The van der Waals surface area contributed by atoms with E-state index >= 15 is 0 Å². The maximum atomic E-state index is 12.1. The molecular weight excluding hydrogens is 320 g/mol. The summed E-state index contributed by atoms with van der Waals surface area (Å²) in [5, 5.41) is 4.06. The number of rotatable bonds is 7. The number of ether oxygens (including phenoxy) is 1. The molecule has 1 N–H and O–H groups in total. The number of nitrogens with one attached hydrogen (secondary N) is 1. The quantitative estimate of drug-likeness (QED) is 0.773.